The largest absolute Gasteiger partial charge is 0.484 e. The van der Waals surface area contributed by atoms with Crippen LogP contribution in [0.1, 0.15) is 5.56 Å². The van der Waals surface area contributed by atoms with Crippen LogP contribution in [-0.2, 0) is 9.47 Å². The molecule has 9 nitrogen and oxygen atoms in total. The molecule has 0 saturated carbocycles. The van der Waals surface area contributed by atoms with Crippen molar-refractivity contribution in [3.63, 3.8) is 0 Å². The molecule has 3 fully saturated rings. The maximum atomic E-state index is 9.59. The van der Waals surface area contributed by atoms with Crippen LogP contribution in [0.2, 0.25) is 0 Å². The maximum absolute atomic E-state index is 9.59. The summed E-state index contributed by atoms with van der Waals surface area (Å²) in [6.45, 7) is 7.06. The molecule has 3 aliphatic heterocycles. The van der Waals surface area contributed by atoms with Crippen molar-refractivity contribution >= 4 is 17.3 Å². The number of piperazine rings is 1. The molecule has 0 radical (unpaired) electrons. The van der Waals surface area contributed by atoms with E-state index < -0.39 is 0 Å². The van der Waals surface area contributed by atoms with Crippen LogP contribution in [0.15, 0.2) is 54.7 Å². The standard InChI is InChI=1S/C27H28N6O3/c28-14-20-13-19(1-6-26(20)36-24-17-35-18-24)25-7-8-29-27(31-25)30-21-2-4-22(5-3-21)32-9-11-33(12-10-32)23-15-34-16-23/h1-8,13,23-24H,9-12,15-18H2,(H,29,30,31). The first-order valence-corrected chi connectivity index (χ1v) is 12.3. The van der Waals surface area contributed by atoms with E-state index in [1.165, 1.54) is 5.69 Å². The van der Waals surface area contributed by atoms with Crippen LogP contribution in [-0.4, -0.2) is 79.6 Å². The molecule has 0 atom stereocenters. The Morgan fingerprint density at radius 2 is 1.72 bits per heavy atom. The first-order chi connectivity index (χ1) is 17.7. The molecular formula is C27H28N6O3. The summed E-state index contributed by atoms with van der Waals surface area (Å²) in [4.78, 5) is 14.0. The highest BCUT2D eigenvalue weighted by Crippen LogP contribution is 2.28. The minimum atomic E-state index is 0.0104. The fourth-order valence-corrected chi connectivity index (χ4v) is 4.58. The van der Waals surface area contributed by atoms with Crippen molar-refractivity contribution in [1.29, 1.82) is 5.26 Å². The quantitative estimate of drug-likeness (QED) is 0.543. The Kier molecular flexibility index (Phi) is 6.38. The molecule has 0 aliphatic carbocycles. The molecule has 4 heterocycles. The highest BCUT2D eigenvalue weighted by Gasteiger charge is 2.28. The van der Waals surface area contributed by atoms with E-state index in [2.05, 4.69) is 55.4 Å². The van der Waals surface area contributed by atoms with Gasteiger partial charge in [0.1, 0.15) is 17.9 Å². The second-order valence-corrected chi connectivity index (χ2v) is 9.25. The van der Waals surface area contributed by atoms with E-state index in [1.807, 2.05) is 18.2 Å². The second-order valence-electron chi connectivity index (χ2n) is 9.25. The molecule has 36 heavy (non-hydrogen) atoms. The van der Waals surface area contributed by atoms with Crippen molar-refractivity contribution in [2.45, 2.75) is 12.1 Å². The number of nitrogens with one attached hydrogen (secondary N) is 1. The fraction of sp³-hybridized carbons (Fsp3) is 0.370. The topological polar surface area (TPSA) is 95.8 Å². The van der Waals surface area contributed by atoms with Crippen LogP contribution in [0.25, 0.3) is 11.3 Å². The number of hydrogen-bond donors (Lipinski definition) is 1. The number of anilines is 3. The van der Waals surface area contributed by atoms with Gasteiger partial charge in [-0.25, -0.2) is 9.97 Å². The van der Waals surface area contributed by atoms with Gasteiger partial charge in [0, 0.05) is 49.3 Å². The summed E-state index contributed by atoms with van der Waals surface area (Å²) in [5.41, 5.74) is 4.18. The lowest BCUT2D eigenvalue weighted by Gasteiger charge is -2.43. The van der Waals surface area contributed by atoms with Gasteiger partial charge in [0.15, 0.2) is 0 Å². The number of nitrogens with zero attached hydrogens (tertiary/aromatic N) is 5. The molecule has 0 unspecified atom stereocenters. The Morgan fingerprint density at radius 1 is 0.944 bits per heavy atom. The van der Waals surface area contributed by atoms with Gasteiger partial charge in [-0.15, -0.1) is 0 Å². The lowest BCUT2D eigenvalue weighted by molar-refractivity contribution is -0.0797. The van der Waals surface area contributed by atoms with Crippen molar-refractivity contribution < 1.29 is 14.2 Å². The van der Waals surface area contributed by atoms with Crippen molar-refractivity contribution in [2.24, 2.45) is 0 Å². The van der Waals surface area contributed by atoms with E-state index in [1.54, 1.807) is 12.3 Å². The smallest absolute Gasteiger partial charge is 0.227 e. The van der Waals surface area contributed by atoms with Crippen molar-refractivity contribution in [3.8, 4) is 23.1 Å². The summed E-state index contributed by atoms with van der Waals surface area (Å²) >= 11 is 0. The predicted molar refractivity (Wildman–Crippen MR) is 136 cm³/mol. The average Bonchev–Trinajstić information content (AvgIpc) is 2.86. The van der Waals surface area contributed by atoms with Crippen LogP contribution >= 0.6 is 0 Å². The van der Waals surface area contributed by atoms with Crippen molar-refractivity contribution in [1.82, 2.24) is 14.9 Å². The summed E-state index contributed by atoms with van der Waals surface area (Å²) in [5.74, 6) is 1.07. The van der Waals surface area contributed by atoms with E-state index in [0.717, 1.165) is 56.3 Å². The highest BCUT2D eigenvalue weighted by molar-refractivity contribution is 5.66. The van der Waals surface area contributed by atoms with Gasteiger partial charge in [-0.3, -0.25) is 4.90 Å². The molecule has 9 heteroatoms. The van der Waals surface area contributed by atoms with Crippen LogP contribution in [0, 0.1) is 11.3 Å². The van der Waals surface area contributed by atoms with E-state index in [4.69, 9.17) is 14.2 Å². The number of ether oxygens (including phenoxy) is 3. The van der Waals surface area contributed by atoms with Crippen molar-refractivity contribution in [2.75, 3.05) is 62.8 Å². The zero-order valence-corrected chi connectivity index (χ0v) is 20.0. The first-order valence-electron chi connectivity index (χ1n) is 12.3. The molecule has 0 amide bonds. The summed E-state index contributed by atoms with van der Waals surface area (Å²) in [6, 6.07) is 18.6. The van der Waals surface area contributed by atoms with E-state index in [0.29, 0.717) is 36.5 Å². The molecular weight excluding hydrogens is 456 g/mol. The Balaban J connectivity index is 1.10. The lowest BCUT2D eigenvalue weighted by Crippen LogP contribution is -2.56. The molecule has 0 spiro atoms. The van der Waals surface area contributed by atoms with Gasteiger partial charge >= 0.3 is 0 Å². The maximum Gasteiger partial charge on any atom is 0.227 e. The lowest BCUT2D eigenvalue weighted by atomic mass is 10.1. The van der Waals surface area contributed by atoms with E-state index in [9.17, 15) is 5.26 Å². The summed E-state index contributed by atoms with van der Waals surface area (Å²) < 4.78 is 16.3. The third-order valence-corrected chi connectivity index (χ3v) is 6.89. The van der Waals surface area contributed by atoms with Crippen LogP contribution in [0.3, 0.4) is 0 Å². The molecule has 3 aromatic rings. The van der Waals surface area contributed by atoms with E-state index >= 15 is 0 Å². The number of benzene rings is 2. The van der Waals surface area contributed by atoms with Gasteiger partial charge in [-0.05, 0) is 48.5 Å². The fourth-order valence-electron chi connectivity index (χ4n) is 4.58. The average molecular weight is 485 g/mol. The monoisotopic (exact) mass is 484 g/mol. The minimum absolute atomic E-state index is 0.0104. The highest BCUT2D eigenvalue weighted by atomic mass is 16.6. The number of nitriles is 1. The van der Waals surface area contributed by atoms with Crippen molar-refractivity contribution in [3.05, 3.63) is 60.3 Å². The Hall–Kier alpha value is -3.71. The molecule has 6 rings (SSSR count). The van der Waals surface area contributed by atoms with Gasteiger partial charge in [0.25, 0.3) is 0 Å². The predicted octanol–water partition coefficient (Wildman–Crippen LogP) is 3.06. The summed E-state index contributed by atoms with van der Waals surface area (Å²) in [5, 5.41) is 12.9. The number of rotatable bonds is 7. The van der Waals surface area contributed by atoms with Gasteiger partial charge in [-0.1, -0.05) is 0 Å². The SMILES string of the molecule is N#Cc1cc(-c2ccnc(Nc3ccc(N4CCN(C5COC5)CC4)cc3)n2)ccc1OC1COC1. The molecule has 184 valence electrons. The van der Waals surface area contributed by atoms with Gasteiger partial charge in [-0.2, -0.15) is 5.26 Å². The summed E-state index contributed by atoms with van der Waals surface area (Å²) in [6.07, 6.45) is 1.73. The molecule has 3 aliphatic rings. The Bertz CT molecular complexity index is 1250. The third-order valence-electron chi connectivity index (χ3n) is 6.89. The number of aromatic nitrogens is 2. The summed E-state index contributed by atoms with van der Waals surface area (Å²) in [7, 11) is 0. The molecule has 0 bridgehead atoms. The van der Waals surface area contributed by atoms with Gasteiger partial charge < -0.3 is 24.4 Å². The van der Waals surface area contributed by atoms with E-state index in [-0.39, 0.29) is 6.10 Å². The number of hydrogen-bond acceptors (Lipinski definition) is 9. The van der Waals surface area contributed by atoms with Crippen LogP contribution in [0.5, 0.6) is 5.75 Å². The van der Waals surface area contributed by atoms with Gasteiger partial charge in [0.05, 0.1) is 43.7 Å². The normalized spacial score (nSPS) is 18.7. The zero-order chi connectivity index (χ0) is 24.3. The van der Waals surface area contributed by atoms with Crippen LogP contribution < -0.4 is 15.0 Å². The third kappa shape index (κ3) is 4.84. The molecule has 1 N–H and O–H groups in total. The molecule has 1 aromatic heterocycles. The Morgan fingerprint density at radius 3 is 2.39 bits per heavy atom. The second kappa shape index (κ2) is 10.1. The molecule has 3 saturated heterocycles. The first kappa shape index (κ1) is 22.7. The molecule has 2 aromatic carbocycles. The Labute approximate surface area is 210 Å². The zero-order valence-electron chi connectivity index (χ0n) is 20.0. The van der Waals surface area contributed by atoms with Crippen LogP contribution in [0.4, 0.5) is 17.3 Å². The van der Waals surface area contributed by atoms with Gasteiger partial charge in [0.2, 0.25) is 5.95 Å². The minimum Gasteiger partial charge on any atom is -0.484 e.